The number of H-pyrrole nitrogens is 2. The number of aromatic hydroxyl groups is 1. The van der Waals surface area contributed by atoms with Crippen molar-refractivity contribution in [1.82, 2.24) is 26.8 Å². The van der Waals surface area contributed by atoms with Crippen LogP contribution in [0.3, 0.4) is 0 Å². The van der Waals surface area contributed by atoms with Crippen LogP contribution in [-0.4, -0.2) is 76.4 Å². The number of aliphatic imine (C=N–C) groups is 1. The van der Waals surface area contributed by atoms with Gasteiger partial charge in [-0.15, -0.1) is 0 Å². The van der Waals surface area contributed by atoms with Crippen molar-refractivity contribution in [3.63, 3.8) is 0 Å². The van der Waals surface area contributed by atoms with Gasteiger partial charge in [-0.2, -0.15) is 0 Å². The number of urea groups is 1. The molecule has 0 bridgehead atoms. The molecule has 110 valence electrons. The number of carbonyl (C=O) groups is 3. The molecule has 0 aromatic carbocycles. The van der Waals surface area contributed by atoms with Crippen molar-refractivity contribution in [2.75, 3.05) is 0 Å². The number of aromatic nitrogens is 2. The standard InChI is InChI=1S/C8H5N5O6.Ca.H3N.2H/c14-3-1(4(15)11-7(18)10-3)9-2-5(16)12-8(19)13-6(2)17;;;;/h(H2,10,11,14,15,18)(H3,12,13,16,17,19);;1H3;;. The number of rotatable bonds is 1. The first-order chi connectivity index (χ1) is 8.88. The third-order valence-corrected chi connectivity index (χ3v) is 2.01. The van der Waals surface area contributed by atoms with E-state index in [1.807, 2.05) is 4.98 Å². The van der Waals surface area contributed by atoms with Crippen LogP contribution in [-0.2, 0) is 9.59 Å². The van der Waals surface area contributed by atoms with Crippen molar-refractivity contribution in [2.45, 2.75) is 0 Å². The van der Waals surface area contributed by atoms with Crippen molar-refractivity contribution < 1.29 is 19.5 Å². The van der Waals surface area contributed by atoms with Crippen molar-refractivity contribution in [3.05, 3.63) is 20.8 Å². The van der Waals surface area contributed by atoms with Crippen LogP contribution >= 0.6 is 0 Å². The molecule has 0 radical (unpaired) electrons. The van der Waals surface area contributed by atoms with Crippen molar-refractivity contribution in [2.24, 2.45) is 4.99 Å². The monoisotopic (exact) mass is 326 g/mol. The number of aromatic amines is 2. The van der Waals surface area contributed by atoms with E-state index in [2.05, 4.69) is 4.99 Å². The Hall–Kier alpha value is -2.02. The number of amides is 4. The van der Waals surface area contributed by atoms with Crippen LogP contribution in [0.2, 0.25) is 0 Å². The summed E-state index contributed by atoms with van der Waals surface area (Å²) in [5.41, 5.74) is -3.65. The molecule has 1 aromatic heterocycles. The van der Waals surface area contributed by atoms with E-state index in [9.17, 15) is 29.1 Å². The Bertz CT molecular complexity index is 726. The number of carbonyl (C=O) groups excluding carboxylic acids is 3. The second kappa shape index (κ2) is 7.12. The van der Waals surface area contributed by atoms with Crippen LogP contribution in [0.4, 0.5) is 10.5 Å². The SMILES string of the molecule is N.O=C1NC(=O)C(=Nc2c(O)[nH]c(=O)[nH]c2=O)C(=O)N1.[CaH2]. The van der Waals surface area contributed by atoms with E-state index in [0.717, 1.165) is 0 Å². The molecule has 2 heterocycles. The summed E-state index contributed by atoms with van der Waals surface area (Å²) in [6.07, 6.45) is 0. The zero-order valence-corrected chi connectivity index (χ0v) is 9.64. The molecule has 1 aliphatic rings. The number of imide groups is 2. The molecule has 1 aromatic rings. The second-order valence-electron chi connectivity index (χ2n) is 3.30. The van der Waals surface area contributed by atoms with Gasteiger partial charge in [0.2, 0.25) is 5.88 Å². The molecule has 12 nitrogen and oxygen atoms in total. The fourth-order valence-corrected chi connectivity index (χ4v) is 1.24. The molecule has 1 saturated heterocycles. The van der Waals surface area contributed by atoms with E-state index < -0.39 is 46.4 Å². The van der Waals surface area contributed by atoms with E-state index in [1.54, 1.807) is 15.6 Å². The summed E-state index contributed by atoms with van der Waals surface area (Å²) in [4.78, 5) is 62.4. The molecule has 21 heavy (non-hydrogen) atoms. The van der Waals surface area contributed by atoms with Crippen LogP contribution in [0, 0.1) is 0 Å². The van der Waals surface area contributed by atoms with Gasteiger partial charge in [-0.25, -0.2) is 14.6 Å². The molecule has 1 fully saturated rings. The first-order valence-corrected chi connectivity index (χ1v) is 4.69. The molecule has 13 heteroatoms. The second-order valence-corrected chi connectivity index (χ2v) is 3.30. The third-order valence-electron chi connectivity index (χ3n) is 2.01. The zero-order chi connectivity index (χ0) is 14.2. The Kier molecular flexibility index (Phi) is 6.44. The Morgan fingerprint density at radius 3 is 1.90 bits per heavy atom. The van der Waals surface area contributed by atoms with Crippen LogP contribution in [0.25, 0.3) is 0 Å². The molecule has 4 amide bonds. The molecule has 0 saturated carbocycles. The molecule has 0 unspecified atom stereocenters. The molecule has 0 spiro atoms. The summed E-state index contributed by atoms with van der Waals surface area (Å²) >= 11 is 0. The average molecular weight is 326 g/mol. The molecular weight excluding hydrogens is 316 g/mol. The molecule has 8 N–H and O–H groups in total. The molecular formula is C8H10CaN6O6. The van der Waals surface area contributed by atoms with Crippen LogP contribution < -0.4 is 28.0 Å². The van der Waals surface area contributed by atoms with E-state index in [4.69, 9.17) is 0 Å². The Morgan fingerprint density at radius 2 is 1.43 bits per heavy atom. The Balaban J connectivity index is 0.00000200. The van der Waals surface area contributed by atoms with E-state index in [0.29, 0.717) is 0 Å². The average Bonchev–Trinajstić information content (AvgIpc) is 2.25. The number of hydrogen-bond acceptors (Lipinski definition) is 8. The zero-order valence-electron chi connectivity index (χ0n) is 9.64. The van der Waals surface area contributed by atoms with Gasteiger partial charge in [-0.3, -0.25) is 35.0 Å². The topological polar surface area (TPSA) is 209 Å². The predicted octanol–water partition coefficient (Wildman–Crippen LogP) is -3.55. The van der Waals surface area contributed by atoms with Crippen LogP contribution in [0.5, 0.6) is 5.88 Å². The van der Waals surface area contributed by atoms with E-state index in [-0.39, 0.29) is 43.9 Å². The summed E-state index contributed by atoms with van der Waals surface area (Å²) in [6, 6.07) is -1.03. The van der Waals surface area contributed by atoms with Gasteiger partial charge < -0.3 is 11.3 Å². The minimum atomic E-state index is -1.14. The van der Waals surface area contributed by atoms with E-state index in [1.165, 1.54) is 0 Å². The van der Waals surface area contributed by atoms with Crippen LogP contribution in [0.1, 0.15) is 0 Å². The molecule has 1 aliphatic heterocycles. The fraction of sp³-hybridized carbons (Fsp3) is 0. The number of nitrogens with zero attached hydrogens (tertiary/aromatic N) is 1. The van der Waals surface area contributed by atoms with Gasteiger partial charge in [0, 0.05) is 0 Å². The quantitative estimate of drug-likeness (QED) is 0.286. The van der Waals surface area contributed by atoms with Gasteiger partial charge in [0.15, 0.2) is 11.4 Å². The minimum absolute atomic E-state index is 0. The fourth-order valence-electron chi connectivity index (χ4n) is 1.24. The summed E-state index contributed by atoms with van der Waals surface area (Å²) in [5.74, 6) is -3.20. The first-order valence-electron chi connectivity index (χ1n) is 4.69. The van der Waals surface area contributed by atoms with Gasteiger partial charge >= 0.3 is 49.5 Å². The van der Waals surface area contributed by atoms with Gasteiger partial charge in [-0.05, 0) is 0 Å². The molecule has 0 atom stereocenters. The van der Waals surface area contributed by atoms with Crippen molar-refractivity contribution >= 4 is 67.0 Å². The number of hydrogen-bond donors (Lipinski definition) is 6. The van der Waals surface area contributed by atoms with Gasteiger partial charge in [0.25, 0.3) is 17.4 Å². The molecule has 2 rings (SSSR count). The normalized spacial score (nSPS) is 13.5. The van der Waals surface area contributed by atoms with Crippen LogP contribution in [0.15, 0.2) is 14.6 Å². The summed E-state index contributed by atoms with van der Waals surface area (Å²) in [5, 5.41) is 12.8. The molecule has 0 aliphatic carbocycles. The predicted molar refractivity (Wildman–Crippen MR) is 71.7 cm³/mol. The summed E-state index contributed by atoms with van der Waals surface area (Å²) in [6.45, 7) is 0. The van der Waals surface area contributed by atoms with Crippen molar-refractivity contribution in [3.8, 4) is 5.88 Å². The number of nitrogens with one attached hydrogen (secondary N) is 4. The van der Waals surface area contributed by atoms with Gasteiger partial charge in [0.05, 0.1) is 0 Å². The summed E-state index contributed by atoms with van der Waals surface area (Å²) in [7, 11) is 0. The maximum atomic E-state index is 11.3. The number of barbiturate groups is 1. The Labute approximate surface area is 144 Å². The van der Waals surface area contributed by atoms with E-state index >= 15 is 0 Å². The van der Waals surface area contributed by atoms with Gasteiger partial charge in [-0.1, -0.05) is 0 Å². The van der Waals surface area contributed by atoms with Gasteiger partial charge in [0.1, 0.15) is 0 Å². The third kappa shape index (κ3) is 3.98. The van der Waals surface area contributed by atoms with Crippen molar-refractivity contribution in [1.29, 1.82) is 0 Å². The maximum absolute atomic E-state index is 11.3. The summed E-state index contributed by atoms with van der Waals surface area (Å²) < 4.78 is 0. The Morgan fingerprint density at radius 1 is 0.905 bits per heavy atom. The first kappa shape index (κ1) is 19.0.